The maximum absolute atomic E-state index is 6.05. The number of aryl methyl sites for hydroxylation is 6. The monoisotopic (exact) mass is 704 g/mol. The summed E-state index contributed by atoms with van der Waals surface area (Å²) in [6.07, 6.45) is 4.70. The molecule has 5 heteroatoms. The number of hydrogen-bond donors (Lipinski definition) is 0. The van der Waals surface area contributed by atoms with Gasteiger partial charge in [-0.25, -0.2) is 0 Å². The largest absolute Gasteiger partial charge is 0.165 e. The smallest absolute Gasteiger partial charge is 0.0307 e. The maximum atomic E-state index is 6.05. The molecule has 0 fully saturated rings. The standard InChI is InChI=1S/2C15H18Cl.C2H6Si.2Zr/c2*1-4-5-12-7-6-10(2)15-13(12)8-11(3)14(15)9-16;1-3-2;;/h2*6-8H,4-5,9H2,1-3H3;1-2H3;;/q2*-1;;;. The average Bonchev–Trinajstić information content (AvgIpc) is 3.36. The molecule has 37 heavy (non-hydrogen) atoms. The minimum atomic E-state index is 0. The quantitative estimate of drug-likeness (QED) is 0.106. The van der Waals surface area contributed by atoms with Gasteiger partial charge in [0.1, 0.15) is 0 Å². The third kappa shape index (κ3) is 9.12. The van der Waals surface area contributed by atoms with Crippen LogP contribution in [0.3, 0.4) is 0 Å². The Bertz CT molecular complexity index is 1140. The molecule has 2 radical (unpaired) electrons. The van der Waals surface area contributed by atoms with E-state index < -0.39 is 0 Å². The normalized spacial score (nSPS) is 10.2. The first-order chi connectivity index (χ1) is 16.8. The fraction of sp³-hybridized carbons (Fsp3) is 0.438. The van der Waals surface area contributed by atoms with Crippen molar-refractivity contribution in [3.63, 3.8) is 0 Å². The number of benzene rings is 2. The molecule has 0 saturated heterocycles. The van der Waals surface area contributed by atoms with Gasteiger partial charge in [0, 0.05) is 73.7 Å². The topological polar surface area (TPSA) is 0 Å². The molecule has 0 nitrogen and oxygen atoms in total. The van der Waals surface area contributed by atoms with Gasteiger partial charge in [-0.3, -0.25) is 0 Å². The Balaban J connectivity index is 0.000000604. The van der Waals surface area contributed by atoms with Gasteiger partial charge in [-0.2, -0.15) is 12.1 Å². The Hall–Kier alpha value is 0.223. The number of halogens is 2. The van der Waals surface area contributed by atoms with E-state index in [9.17, 15) is 0 Å². The van der Waals surface area contributed by atoms with E-state index in [1.54, 1.807) is 0 Å². The van der Waals surface area contributed by atoms with Gasteiger partial charge in [0.05, 0.1) is 0 Å². The van der Waals surface area contributed by atoms with E-state index >= 15 is 0 Å². The van der Waals surface area contributed by atoms with E-state index in [1.807, 2.05) is 0 Å². The van der Waals surface area contributed by atoms with Crippen LogP contribution in [0.15, 0.2) is 36.4 Å². The van der Waals surface area contributed by atoms with Crippen LogP contribution >= 0.6 is 23.2 Å². The summed E-state index contributed by atoms with van der Waals surface area (Å²) in [6, 6.07) is 13.6. The van der Waals surface area contributed by atoms with Gasteiger partial charge in [-0.1, -0.05) is 90.7 Å². The van der Waals surface area contributed by atoms with Gasteiger partial charge in [-0.05, 0) is 12.8 Å². The van der Waals surface area contributed by atoms with E-state index in [4.69, 9.17) is 23.2 Å². The van der Waals surface area contributed by atoms with Gasteiger partial charge in [0.15, 0.2) is 0 Å². The summed E-state index contributed by atoms with van der Waals surface area (Å²) in [5.74, 6) is 1.23. The molecule has 0 aromatic heterocycles. The van der Waals surface area contributed by atoms with Crippen molar-refractivity contribution in [1.82, 2.24) is 0 Å². The molecule has 0 aliphatic rings. The summed E-state index contributed by atoms with van der Waals surface area (Å²) in [4.78, 5) is 0. The van der Waals surface area contributed by atoms with E-state index in [-0.39, 0.29) is 52.4 Å². The van der Waals surface area contributed by atoms with Gasteiger partial charge < -0.3 is 0 Å². The molecule has 4 aromatic carbocycles. The van der Waals surface area contributed by atoms with Crippen molar-refractivity contribution in [1.29, 1.82) is 0 Å². The fourth-order valence-electron chi connectivity index (χ4n) is 4.99. The van der Waals surface area contributed by atoms with E-state index in [0.717, 1.165) is 22.4 Å². The van der Waals surface area contributed by atoms with Gasteiger partial charge in [-0.15, -0.1) is 90.3 Å². The van der Waals surface area contributed by atoms with E-state index in [2.05, 4.69) is 91.0 Å². The third-order valence-electron chi connectivity index (χ3n) is 6.67. The summed E-state index contributed by atoms with van der Waals surface area (Å²) in [5.41, 5.74) is 10.9. The second-order valence-corrected chi connectivity index (χ2v) is 11.1. The van der Waals surface area contributed by atoms with Gasteiger partial charge in [0.25, 0.3) is 0 Å². The zero-order valence-electron chi connectivity index (χ0n) is 24.0. The van der Waals surface area contributed by atoms with Crippen LogP contribution in [0, 0.1) is 27.7 Å². The first kappa shape index (κ1) is 37.2. The summed E-state index contributed by atoms with van der Waals surface area (Å²) in [5, 5.41) is 5.60. The van der Waals surface area contributed by atoms with Crippen LogP contribution in [0.25, 0.3) is 21.5 Å². The van der Waals surface area contributed by atoms with Crippen LogP contribution in [0.1, 0.15) is 71.2 Å². The van der Waals surface area contributed by atoms with Crippen molar-refractivity contribution in [2.75, 3.05) is 0 Å². The molecule has 4 rings (SSSR count). The number of hydrogen-bond acceptors (Lipinski definition) is 0. The molecule has 0 unspecified atom stereocenters. The summed E-state index contributed by atoms with van der Waals surface area (Å²) in [7, 11) is 1.08. The first-order valence-corrected chi connectivity index (χ1v) is 15.9. The molecule has 0 aliphatic carbocycles. The van der Waals surface area contributed by atoms with Gasteiger partial charge >= 0.3 is 0 Å². The summed E-state index contributed by atoms with van der Waals surface area (Å²) in [6.45, 7) is 17.4. The molecule has 0 amide bonds. The number of alkyl halides is 2. The predicted molar refractivity (Wildman–Crippen MR) is 163 cm³/mol. The van der Waals surface area contributed by atoms with Crippen molar-refractivity contribution < 1.29 is 52.4 Å². The van der Waals surface area contributed by atoms with Crippen molar-refractivity contribution >= 4 is 54.3 Å². The molecule has 0 N–H and O–H groups in total. The van der Waals surface area contributed by atoms with Crippen LogP contribution in [0.2, 0.25) is 13.1 Å². The SMILES string of the molecule is CCCc1ccc(C)c2c1cc(C)[c-]2CCl.CCCc1ccc(C)c2c1cc(C)[c-]2CCl.C[Si]C.[Zr].[Zr]. The van der Waals surface area contributed by atoms with Crippen molar-refractivity contribution in [2.24, 2.45) is 0 Å². The first-order valence-electron chi connectivity index (χ1n) is 12.8. The van der Waals surface area contributed by atoms with Crippen LogP contribution in [0.4, 0.5) is 0 Å². The molecule has 0 heterocycles. The maximum Gasteiger partial charge on any atom is 0.0307 e. The summed E-state index contributed by atoms with van der Waals surface area (Å²) >= 11 is 12.1. The molecular formula is C32H42Cl2SiZr2-2. The Morgan fingerprint density at radius 2 is 0.973 bits per heavy atom. The Labute approximate surface area is 277 Å². The zero-order chi connectivity index (χ0) is 26.1. The zero-order valence-corrected chi connectivity index (χ0v) is 31.4. The summed E-state index contributed by atoms with van der Waals surface area (Å²) < 4.78 is 0. The van der Waals surface area contributed by atoms with Crippen LogP contribution < -0.4 is 0 Å². The van der Waals surface area contributed by atoms with Crippen LogP contribution in [-0.2, 0) is 77.0 Å². The fourth-order valence-corrected chi connectivity index (χ4v) is 5.68. The molecule has 0 atom stereocenters. The minimum Gasteiger partial charge on any atom is -0.165 e. The van der Waals surface area contributed by atoms with Crippen molar-refractivity contribution in [3.8, 4) is 0 Å². The van der Waals surface area contributed by atoms with Crippen LogP contribution in [0.5, 0.6) is 0 Å². The Morgan fingerprint density at radius 1 is 0.649 bits per heavy atom. The second kappa shape index (κ2) is 18.5. The third-order valence-corrected chi connectivity index (χ3v) is 7.21. The molecule has 0 bridgehead atoms. The van der Waals surface area contributed by atoms with E-state index in [0.29, 0.717) is 11.8 Å². The molecule has 4 aromatic rings. The Morgan fingerprint density at radius 3 is 1.24 bits per heavy atom. The van der Waals surface area contributed by atoms with Crippen molar-refractivity contribution in [3.05, 3.63) is 80.9 Å². The molecule has 0 spiro atoms. The van der Waals surface area contributed by atoms with E-state index in [1.165, 1.54) is 78.9 Å². The van der Waals surface area contributed by atoms with Crippen molar-refractivity contribution in [2.45, 2.75) is 92.1 Å². The molecule has 198 valence electrons. The van der Waals surface area contributed by atoms with Crippen LogP contribution in [-0.4, -0.2) is 9.52 Å². The van der Waals surface area contributed by atoms with Gasteiger partial charge in [0.2, 0.25) is 0 Å². The number of fused-ring (bicyclic) bond motifs is 2. The second-order valence-electron chi connectivity index (χ2n) is 9.54. The minimum absolute atomic E-state index is 0. The Kier molecular flexibility index (Phi) is 18.7. The molecule has 0 saturated carbocycles. The molecular weight excluding hydrogens is 666 g/mol. The number of rotatable bonds is 6. The average molecular weight is 708 g/mol. The predicted octanol–water partition coefficient (Wildman–Crippen LogP) is 10.5. The molecule has 0 aliphatic heterocycles.